The Hall–Kier alpha value is -4.07. The van der Waals surface area contributed by atoms with Gasteiger partial charge in [0.05, 0.1) is 24.9 Å². The van der Waals surface area contributed by atoms with E-state index in [4.69, 9.17) is 0 Å². The van der Waals surface area contributed by atoms with E-state index < -0.39 is 5.97 Å². The van der Waals surface area contributed by atoms with Crippen LogP contribution in [0.25, 0.3) is 11.1 Å². The molecule has 2 heterocycles. The van der Waals surface area contributed by atoms with E-state index in [2.05, 4.69) is 10.2 Å². The van der Waals surface area contributed by atoms with E-state index in [0.717, 1.165) is 54.5 Å². The van der Waals surface area contributed by atoms with E-state index in [-0.39, 0.29) is 48.7 Å². The molecule has 2 aromatic carbocycles. The van der Waals surface area contributed by atoms with E-state index in [1.54, 1.807) is 12.4 Å². The van der Waals surface area contributed by atoms with Crippen LogP contribution in [-0.4, -0.2) is 50.1 Å². The van der Waals surface area contributed by atoms with Crippen molar-refractivity contribution in [2.75, 3.05) is 4.90 Å². The fourth-order valence-electron chi connectivity index (χ4n) is 6.35. The van der Waals surface area contributed by atoms with Crippen LogP contribution in [0.5, 0.6) is 0 Å². The smallest absolute Gasteiger partial charge is 0.303 e. The molecule has 2 amide bonds. The first kappa shape index (κ1) is 24.3. The van der Waals surface area contributed by atoms with Gasteiger partial charge in [-0.25, -0.2) is 0 Å². The van der Waals surface area contributed by atoms with Crippen molar-refractivity contribution >= 4 is 23.5 Å². The first-order valence-corrected chi connectivity index (χ1v) is 13.4. The van der Waals surface area contributed by atoms with Gasteiger partial charge in [-0.1, -0.05) is 36.8 Å². The lowest BCUT2D eigenvalue weighted by Gasteiger charge is -2.48. The average Bonchev–Trinajstić information content (AvgIpc) is 3.67. The average molecular weight is 511 g/mol. The molecule has 3 unspecified atom stereocenters. The SMILES string of the molecule is O=C(O)CCC(=O)N(C1CC1)C1c2ccccc2N(C(=O)c2cccc(-c3ccnnc3)c2)C2CCCC21. The number of carbonyl (C=O) groups is 3. The summed E-state index contributed by atoms with van der Waals surface area (Å²) in [6.07, 6.45) is 7.81. The van der Waals surface area contributed by atoms with E-state index in [1.807, 2.05) is 64.4 Å². The van der Waals surface area contributed by atoms with Crippen LogP contribution in [0, 0.1) is 5.92 Å². The van der Waals surface area contributed by atoms with E-state index >= 15 is 0 Å². The van der Waals surface area contributed by atoms with E-state index in [9.17, 15) is 19.5 Å². The molecule has 194 valence electrons. The van der Waals surface area contributed by atoms with Crippen LogP contribution in [0.4, 0.5) is 5.69 Å². The Bertz CT molecular complexity index is 1370. The maximum absolute atomic E-state index is 14.2. The Balaban J connectivity index is 1.39. The van der Waals surface area contributed by atoms with Gasteiger partial charge in [-0.15, -0.1) is 0 Å². The summed E-state index contributed by atoms with van der Waals surface area (Å²) in [6.45, 7) is 0. The van der Waals surface area contributed by atoms with Gasteiger partial charge in [0.15, 0.2) is 0 Å². The van der Waals surface area contributed by atoms with Gasteiger partial charge >= 0.3 is 5.97 Å². The van der Waals surface area contributed by atoms with E-state index in [1.165, 1.54) is 0 Å². The Morgan fingerprint density at radius 3 is 2.53 bits per heavy atom. The summed E-state index contributed by atoms with van der Waals surface area (Å²) in [5, 5.41) is 17.0. The first-order chi connectivity index (χ1) is 18.5. The largest absolute Gasteiger partial charge is 0.481 e. The molecule has 1 aromatic heterocycles. The highest BCUT2D eigenvalue weighted by Gasteiger charge is 2.51. The predicted octanol–water partition coefficient (Wildman–Crippen LogP) is 4.87. The number of benzene rings is 2. The number of carbonyl (C=O) groups excluding carboxylic acids is 2. The fraction of sp³-hybridized carbons (Fsp3) is 0.367. The van der Waals surface area contributed by atoms with Gasteiger partial charge in [-0.2, -0.15) is 10.2 Å². The Kier molecular flexibility index (Phi) is 6.39. The Morgan fingerprint density at radius 1 is 0.921 bits per heavy atom. The minimum atomic E-state index is -0.960. The second-order valence-corrected chi connectivity index (χ2v) is 10.5. The van der Waals surface area contributed by atoms with Crippen molar-refractivity contribution in [2.45, 2.75) is 63.1 Å². The summed E-state index contributed by atoms with van der Waals surface area (Å²) in [7, 11) is 0. The molecule has 3 atom stereocenters. The molecule has 2 fully saturated rings. The molecular weight excluding hydrogens is 480 g/mol. The molecular formula is C30H30N4O4. The van der Waals surface area contributed by atoms with Crippen molar-refractivity contribution in [3.63, 3.8) is 0 Å². The molecule has 1 aliphatic heterocycles. The number of nitrogens with zero attached hydrogens (tertiary/aromatic N) is 4. The van der Waals surface area contributed by atoms with Crippen LogP contribution in [-0.2, 0) is 9.59 Å². The summed E-state index contributed by atoms with van der Waals surface area (Å²) < 4.78 is 0. The number of carboxylic acids is 1. The van der Waals surface area contributed by atoms with Gasteiger partial charge in [0.1, 0.15) is 0 Å². The molecule has 3 aliphatic rings. The third-order valence-electron chi connectivity index (χ3n) is 8.11. The summed E-state index contributed by atoms with van der Waals surface area (Å²) >= 11 is 0. The summed E-state index contributed by atoms with van der Waals surface area (Å²) in [4.78, 5) is 42.7. The highest BCUT2D eigenvalue weighted by Crippen LogP contribution is 2.53. The van der Waals surface area contributed by atoms with Gasteiger partial charge in [0.25, 0.3) is 5.91 Å². The van der Waals surface area contributed by atoms with Crippen molar-refractivity contribution in [3.8, 4) is 11.1 Å². The minimum Gasteiger partial charge on any atom is -0.481 e. The molecule has 0 radical (unpaired) electrons. The van der Waals surface area contributed by atoms with Crippen LogP contribution in [0.3, 0.4) is 0 Å². The zero-order valence-corrected chi connectivity index (χ0v) is 21.1. The van der Waals surface area contributed by atoms with Gasteiger partial charge in [-0.05, 0) is 61.1 Å². The van der Waals surface area contributed by atoms with Gasteiger partial charge in [0, 0.05) is 41.2 Å². The number of aliphatic carboxylic acids is 1. The van der Waals surface area contributed by atoms with Crippen LogP contribution >= 0.6 is 0 Å². The number of aromatic nitrogens is 2. The first-order valence-electron chi connectivity index (χ1n) is 13.4. The molecule has 0 spiro atoms. The van der Waals surface area contributed by atoms with Gasteiger partial charge in [0.2, 0.25) is 5.91 Å². The number of para-hydroxylation sites is 1. The second kappa shape index (κ2) is 10.0. The predicted molar refractivity (Wildman–Crippen MR) is 141 cm³/mol. The Labute approximate surface area is 221 Å². The summed E-state index contributed by atoms with van der Waals surface area (Å²) in [5.74, 6) is -1.00. The molecule has 2 aliphatic carbocycles. The zero-order valence-electron chi connectivity index (χ0n) is 21.1. The maximum Gasteiger partial charge on any atom is 0.303 e. The number of hydrogen-bond acceptors (Lipinski definition) is 5. The summed E-state index contributed by atoms with van der Waals surface area (Å²) in [6, 6.07) is 17.4. The molecule has 2 saturated carbocycles. The molecule has 0 bridgehead atoms. The third kappa shape index (κ3) is 4.44. The number of anilines is 1. The molecule has 1 N–H and O–H groups in total. The fourth-order valence-corrected chi connectivity index (χ4v) is 6.35. The lowest BCUT2D eigenvalue weighted by Crippen LogP contribution is -2.52. The molecule has 6 rings (SSSR count). The van der Waals surface area contributed by atoms with Crippen molar-refractivity contribution in [1.82, 2.24) is 15.1 Å². The molecule has 8 nitrogen and oxygen atoms in total. The van der Waals surface area contributed by atoms with E-state index in [0.29, 0.717) is 5.56 Å². The second-order valence-electron chi connectivity index (χ2n) is 10.5. The van der Waals surface area contributed by atoms with Crippen molar-refractivity contribution < 1.29 is 19.5 Å². The lowest BCUT2D eigenvalue weighted by molar-refractivity contribution is -0.142. The maximum atomic E-state index is 14.2. The van der Waals surface area contributed by atoms with Gasteiger partial charge < -0.3 is 14.9 Å². The van der Waals surface area contributed by atoms with Crippen molar-refractivity contribution in [3.05, 3.63) is 78.1 Å². The summed E-state index contributed by atoms with van der Waals surface area (Å²) in [5.41, 5.74) is 4.23. The topological polar surface area (TPSA) is 104 Å². The number of hydrogen-bond donors (Lipinski definition) is 1. The quantitative estimate of drug-likeness (QED) is 0.486. The van der Waals surface area contributed by atoms with Crippen LogP contribution in [0.1, 0.15) is 66.9 Å². The highest BCUT2D eigenvalue weighted by atomic mass is 16.4. The van der Waals surface area contributed by atoms with Crippen LogP contribution < -0.4 is 4.90 Å². The number of carboxylic acid groups (broad SMARTS) is 1. The van der Waals surface area contributed by atoms with Gasteiger partial charge in [-0.3, -0.25) is 14.4 Å². The molecule has 3 aromatic rings. The molecule has 8 heteroatoms. The Morgan fingerprint density at radius 2 is 1.76 bits per heavy atom. The van der Waals surface area contributed by atoms with Crippen LogP contribution in [0.15, 0.2) is 67.0 Å². The molecule has 0 saturated heterocycles. The molecule has 38 heavy (non-hydrogen) atoms. The van der Waals surface area contributed by atoms with Crippen molar-refractivity contribution in [1.29, 1.82) is 0 Å². The third-order valence-corrected chi connectivity index (χ3v) is 8.11. The van der Waals surface area contributed by atoms with Crippen molar-refractivity contribution in [2.24, 2.45) is 5.92 Å². The standard InChI is InChI=1S/C30H30N4O4/c35-27(13-14-28(36)37)33(22-11-12-22)29-23-7-1-2-9-25(23)34(26-10-4-8-24(26)29)30(38)20-6-3-5-19(17-20)21-15-16-31-32-18-21/h1-3,5-7,9,15-18,22,24,26,29H,4,8,10-14H2,(H,36,37). The zero-order chi connectivity index (χ0) is 26.2. The number of fused-ring (bicyclic) bond motifs is 2. The van der Waals surface area contributed by atoms with Crippen LogP contribution in [0.2, 0.25) is 0 Å². The lowest BCUT2D eigenvalue weighted by atomic mass is 9.81. The minimum absolute atomic E-state index is 0.00118. The number of amides is 2. The normalized spacial score (nSPS) is 21.9. The monoisotopic (exact) mass is 510 g/mol. The number of rotatable bonds is 7. The highest BCUT2D eigenvalue weighted by molar-refractivity contribution is 6.08.